The summed E-state index contributed by atoms with van der Waals surface area (Å²) in [5, 5.41) is 3.03. The van der Waals surface area contributed by atoms with Crippen LogP contribution in [0.15, 0.2) is 23.2 Å². The molecule has 1 N–H and O–H groups in total. The third-order valence-corrected chi connectivity index (χ3v) is 4.38. The fourth-order valence-electron chi connectivity index (χ4n) is 2.78. The fraction of sp³-hybridized carbons (Fsp3) is 0.588. The first-order valence-electron chi connectivity index (χ1n) is 8.56. The van der Waals surface area contributed by atoms with Crippen LogP contribution in [0.1, 0.15) is 6.92 Å². The summed E-state index contributed by atoms with van der Waals surface area (Å²) in [6, 6.07) is 1.57. The van der Waals surface area contributed by atoms with Crippen molar-refractivity contribution in [2.75, 3.05) is 46.4 Å². The van der Waals surface area contributed by atoms with E-state index in [0.29, 0.717) is 25.6 Å². The molecule has 0 aliphatic carbocycles. The summed E-state index contributed by atoms with van der Waals surface area (Å²) in [5.41, 5.74) is 0. The number of ether oxygens (including phenoxy) is 1. The Morgan fingerprint density at radius 2 is 1.86 bits per heavy atom. The van der Waals surface area contributed by atoms with Gasteiger partial charge < -0.3 is 15.0 Å². The zero-order chi connectivity index (χ0) is 20.0. The quantitative estimate of drug-likeness (QED) is 0.212. The highest BCUT2D eigenvalue weighted by Gasteiger charge is 2.41. The number of aliphatic imine (C=N–C) groups is 1. The molecule has 2 rings (SSSR count). The first-order valence-corrected chi connectivity index (χ1v) is 8.56. The maximum absolute atomic E-state index is 13.5. The van der Waals surface area contributed by atoms with Gasteiger partial charge in [0.25, 0.3) is 0 Å². The normalized spacial score (nSPS) is 17.1. The number of halogens is 6. The van der Waals surface area contributed by atoms with Gasteiger partial charge in [0.15, 0.2) is 17.5 Å². The van der Waals surface area contributed by atoms with Gasteiger partial charge in [0, 0.05) is 39.3 Å². The van der Waals surface area contributed by atoms with Crippen molar-refractivity contribution < 1.29 is 26.7 Å². The topological polar surface area (TPSA) is 40.1 Å². The van der Waals surface area contributed by atoms with Crippen LogP contribution in [0.2, 0.25) is 0 Å². The lowest BCUT2D eigenvalue weighted by atomic mass is 10.2. The molecule has 1 saturated heterocycles. The smallest absolute Gasteiger partial charge is 0.403 e. The number of hydrogen-bond donors (Lipinski definition) is 1. The molecule has 11 heteroatoms. The van der Waals surface area contributed by atoms with E-state index < -0.39 is 23.9 Å². The molecule has 0 amide bonds. The second-order valence-electron chi connectivity index (χ2n) is 6.14. The SMILES string of the molecule is CN=C(NCCOc1ccc(F)cc1F)N1CCN(C(C)C(F)(F)F)CC1.I. The minimum atomic E-state index is -4.24. The van der Waals surface area contributed by atoms with Crippen molar-refractivity contribution >= 4 is 29.9 Å². The van der Waals surface area contributed by atoms with Gasteiger partial charge in [-0.25, -0.2) is 8.78 Å². The first-order chi connectivity index (χ1) is 12.7. The lowest BCUT2D eigenvalue weighted by Gasteiger charge is -2.39. The van der Waals surface area contributed by atoms with Gasteiger partial charge in [0.2, 0.25) is 0 Å². The van der Waals surface area contributed by atoms with Crippen LogP contribution in [0.25, 0.3) is 0 Å². The van der Waals surface area contributed by atoms with E-state index in [1.165, 1.54) is 11.0 Å². The highest BCUT2D eigenvalue weighted by Crippen LogP contribution is 2.25. The molecule has 1 atom stereocenters. The number of hydrogen-bond acceptors (Lipinski definition) is 3. The molecule has 0 bridgehead atoms. The fourth-order valence-corrected chi connectivity index (χ4v) is 2.78. The first kappa shape index (κ1) is 24.7. The summed E-state index contributed by atoms with van der Waals surface area (Å²) < 4.78 is 70.0. The van der Waals surface area contributed by atoms with Crippen LogP contribution in [0, 0.1) is 11.6 Å². The maximum atomic E-state index is 13.5. The summed E-state index contributed by atoms with van der Waals surface area (Å²) in [6.07, 6.45) is -4.24. The van der Waals surface area contributed by atoms with E-state index in [2.05, 4.69) is 10.3 Å². The second kappa shape index (κ2) is 11.0. The van der Waals surface area contributed by atoms with Crippen molar-refractivity contribution in [2.45, 2.75) is 19.1 Å². The molecule has 1 aromatic rings. The Morgan fingerprint density at radius 1 is 1.21 bits per heavy atom. The van der Waals surface area contributed by atoms with Crippen LogP contribution < -0.4 is 10.1 Å². The molecule has 0 radical (unpaired) electrons. The van der Waals surface area contributed by atoms with Crippen LogP contribution >= 0.6 is 24.0 Å². The standard InChI is InChI=1S/C17H23F5N4O.HI/c1-12(17(20,21)22)25-6-8-26(9-7-25)16(23-2)24-5-10-27-15-4-3-13(18)11-14(15)19;/h3-4,11-12H,5-10H2,1-2H3,(H,23,24);1H. The summed E-state index contributed by atoms with van der Waals surface area (Å²) in [5.74, 6) is -0.980. The lowest BCUT2D eigenvalue weighted by Crippen LogP contribution is -2.57. The van der Waals surface area contributed by atoms with Crippen LogP contribution in [0.5, 0.6) is 5.75 Å². The molecule has 1 unspecified atom stereocenters. The maximum Gasteiger partial charge on any atom is 0.403 e. The van der Waals surface area contributed by atoms with Crippen molar-refractivity contribution in [3.63, 3.8) is 0 Å². The minimum absolute atomic E-state index is 0. The Bertz CT molecular complexity index is 651. The van der Waals surface area contributed by atoms with Crippen molar-refractivity contribution in [3.8, 4) is 5.75 Å². The molecule has 1 aliphatic heterocycles. The van der Waals surface area contributed by atoms with Gasteiger partial charge in [-0.1, -0.05) is 0 Å². The lowest BCUT2D eigenvalue weighted by molar-refractivity contribution is -0.181. The Morgan fingerprint density at radius 3 is 2.39 bits per heavy atom. The molecule has 28 heavy (non-hydrogen) atoms. The summed E-state index contributed by atoms with van der Waals surface area (Å²) >= 11 is 0. The number of alkyl halides is 3. The molecule has 1 aromatic carbocycles. The summed E-state index contributed by atoms with van der Waals surface area (Å²) in [4.78, 5) is 7.37. The van der Waals surface area contributed by atoms with Crippen LogP contribution in [0.4, 0.5) is 22.0 Å². The monoisotopic (exact) mass is 522 g/mol. The molecule has 1 aliphatic rings. The average molecular weight is 522 g/mol. The van der Waals surface area contributed by atoms with Gasteiger partial charge in [-0.05, 0) is 19.1 Å². The predicted molar refractivity (Wildman–Crippen MR) is 107 cm³/mol. The zero-order valence-corrected chi connectivity index (χ0v) is 17.9. The van der Waals surface area contributed by atoms with Crippen LogP contribution in [0.3, 0.4) is 0 Å². The second-order valence-corrected chi connectivity index (χ2v) is 6.14. The zero-order valence-electron chi connectivity index (χ0n) is 15.6. The van der Waals surface area contributed by atoms with E-state index in [4.69, 9.17) is 4.74 Å². The Hall–Kier alpha value is -1.37. The number of nitrogens with zero attached hydrogens (tertiary/aromatic N) is 3. The number of rotatable bonds is 5. The van der Waals surface area contributed by atoms with E-state index in [0.717, 1.165) is 19.1 Å². The molecule has 160 valence electrons. The van der Waals surface area contributed by atoms with Gasteiger partial charge >= 0.3 is 6.18 Å². The number of piperazine rings is 1. The highest BCUT2D eigenvalue weighted by atomic mass is 127. The molecule has 1 heterocycles. The molecule has 0 spiro atoms. The minimum Gasteiger partial charge on any atom is -0.489 e. The molecule has 1 fully saturated rings. The van der Waals surface area contributed by atoms with Gasteiger partial charge in [-0.3, -0.25) is 9.89 Å². The van der Waals surface area contributed by atoms with E-state index in [1.54, 1.807) is 7.05 Å². The predicted octanol–water partition coefficient (Wildman–Crippen LogP) is 3.11. The van der Waals surface area contributed by atoms with Gasteiger partial charge in [0.05, 0.1) is 6.54 Å². The highest BCUT2D eigenvalue weighted by molar-refractivity contribution is 14.0. The molecular weight excluding hydrogens is 498 g/mol. The number of nitrogens with one attached hydrogen (secondary N) is 1. The van der Waals surface area contributed by atoms with Gasteiger partial charge in [-0.2, -0.15) is 13.2 Å². The van der Waals surface area contributed by atoms with Crippen molar-refractivity contribution in [3.05, 3.63) is 29.8 Å². The van der Waals surface area contributed by atoms with Gasteiger partial charge in [-0.15, -0.1) is 24.0 Å². The number of guanidine groups is 1. The average Bonchev–Trinajstić information content (AvgIpc) is 2.62. The van der Waals surface area contributed by atoms with Crippen LogP contribution in [-0.4, -0.2) is 74.4 Å². The largest absolute Gasteiger partial charge is 0.489 e. The van der Waals surface area contributed by atoms with Crippen molar-refractivity contribution in [1.29, 1.82) is 0 Å². The Balaban J connectivity index is 0.00000392. The molecular formula is C17H24F5IN4O. The van der Waals surface area contributed by atoms with E-state index in [-0.39, 0.29) is 49.4 Å². The van der Waals surface area contributed by atoms with Crippen molar-refractivity contribution in [2.24, 2.45) is 4.99 Å². The Labute approximate surface area is 177 Å². The third-order valence-electron chi connectivity index (χ3n) is 4.38. The van der Waals surface area contributed by atoms with E-state index in [1.807, 2.05) is 4.90 Å². The van der Waals surface area contributed by atoms with Crippen molar-refractivity contribution in [1.82, 2.24) is 15.1 Å². The van der Waals surface area contributed by atoms with E-state index >= 15 is 0 Å². The summed E-state index contributed by atoms with van der Waals surface area (Å²) in [7, 11) is 1.58. The molecule has 0 saturated carbocycles. The Kier molecular flexibility index (Phi) is 9.67. The molecule has 0 aromatic heterocycles. The third kappa shape index (κ3) is 6.90. The van der Waals surface area contributed by atoms with Crippen LogP contribution in [-0.2, 0) is 0 Å². The summed E-state index contributed by atoms with van der Waals surface area (Å²) in [6.45, 7) is 2.96. The van der Waals surface area contributed by atoms with E-state index in [9.17, 15) is 22.0 Å². The molecule has 5 nitrogen and oxygen atoms in total. The van der Waals surface area contributed by atoms with Gasteiger partial charge in [0.1, 0.15) is 18.5 Å². The number of benzene rings is 1.